The van der Waals surface area contributed by atoms with Crippen LogP contribution in [0, 0.1) is 0 Å². The molecule has 0 spiro atoms. The van der Waals surface area contributed by atoms with Crippen molar-refractivity contribution in [2.75, 3.05) is 7.11 Å². The van der Waals surface area contributed by atoms with Crippen LogP contribution in [0.2, 0.25) is 0 Å². The Balaban J connectivity index is 2.12. The average Bonchev–Trinajstić information content (AvgIpc) is 2.73. The molecule has 1 heterocycles. The summed E-state index contributed by atoms with van der Waals surface area (Å²) < 4.78 is 5.10. The minimum atomic E-state index is -1.06. The number of pyridine rings is 1. The maximum absolute atomic E-state index is 12.7. The fourth-order valence-electron chi connectivity index (χ4n) is 3.01. The first kappa shape index (κ1) is 18.5. The zero-order valence-electron chi connectivity index (χ0n) is 15.5. The van der Waals surface area contributed by atoms with Crippen molar-refractivity contribution in [3.63, 3.8) is 0 Å². The van der Waals surface area contributed by atoms with E-state index >= 15 is 0 Å². The van der Waals surface area contributed by atoms with Crippen LogP contribution in [0.25, 0.3) is 0 Å². The van der Waals surface area contributed by atoms with Crippen molar-refractivity contribution in [2.24, 2.45) is 4.99 Å². The fraction of sp³-hybridized carbons (Fsp3) is 0.174. The molecule has 0 N–H and O–H groups in total. The van der Waals surface area contributed by atoms with Gasteiger partial charge < -0.3 is 4.74 Å². The first-order valence-electron chi connectivity index (χ1n) is 8.80. The third kappa shape index (κ3) is 4.47. The number of carbonyl (C=O) groups excluding carboxylic acids is 1. The van der Waals surface area contributed by atoms with Crippen molar-refractivity contribution in [2.45, 2.75) is 18.9 Å². The van der Waals surface area contributed by atoms with Crippen LogP contribution in [-0.4, -0.2) is 29.3 Å². The maximum atomic E-state index is 12.7. The smallest absolute Gasteiger partial charge is 0.333 e. The number of aliphatic imine (C=N–C) groups is 1. The summed E-state index contributed by atoms with van der Waals surface area (Å²) >= 11 is 0. The summed E-state index contributed by atoms with van der Waals surface area (Å²) in [5, 5.41) is 0. The maximum Gasteiger partial charge on any atom is 0.333 e. The Bertz CT molecular complexity index is 867. The van der Waals surface area contributed by atoms with Gasteiger partial charge in [0.2, 0.25) is 0 Å². The molecule has 1 atom stereocenters. The third-order valence-corrected chi connectivity index (χ3v) is 4.38. The molecule has 1 unspecified atom stereocenters. The molecule has 136 valence electrons. The molecule has 0 aliphatic rings. The average molecular weight is 358 g/mol. The molecule has 0 saturated carbocycles. The quantitative estimate of drug-likeness (QED) is 0.492. The van der Waals surface area contributed by atoms with E-state index < -0.39 is 5.54 Å². The highest BCUT2D eigenvalue weighted by molar-refractivity contribution is 6.13. The largest absolute Gasteiger partial charge is 0.467 e. The van der Waals surface area contributed by atoms with Crippen molar-refractivity contribution in [3.05, 3.63) is 102 Å². The van der Waals surface area contributed by atoms with Crippen molar-refractivity contribution in [1.82, 2.24) is 4.98 Å². The number of carbonyl (C=O) groups is 1. The Hall–Kier alpha value is -3.27. The number of nitrogens with zero attached hydrogens (tertiary/aromatic N) is 2. The van der Waals surface area contributed by atoms with Crippen LogP contribution in [0.1, 0.15) is 23.6 Å². The molecule has 1 aromatic heterocycles. The number of rotatable bonds is 6. The van der Waals surface area contributed by atoms with Crippen LogP contribution < -0.4 is 0 Å². The number of aromatic nitrogens is 1. The lowest BCUT2D eigenvalue weighted by molar-refractivity contribution is -0.146. The van der Waals surface area contributed by atoms with E-state index in [1.165, 1.54) is 7.11 Å². The summed E-state index contributed by atoms with van der Waals surface area (Å²) in [6.45, 7) is 1.81. The lowest BCUT2D eigenvalue weighted by atomic mass is 9.92. The van der Waals surface area contributed by atoms with Gasteiger partial charge in [0, 0.05) is 29.9 Å². The molecule has 0 aliphatic heterocycles. The van der Waals surface area contributed by atoms with Crippen molar-refractivity contribution < 1.29 is 9.53 Å². The Morgan fingerprint density at radius 3 is 1.93 bits per heavy atom. The molecule has 0 saturated heterocycles. The van der Waals surface area contributed by atoms with Gasteiger partial charge in [-0.3, -0.25) is 9.98 Å². The monoisotopic (exact) mass is 358 g/mol. The van der Waals surface area contributed by atoms with E-state index in [1.807, 2.05) is 79.7 Å². The van der Waals surface area contributed by atoms with Gasteiger partial charge >= 0.3 is 5.97 Å². The highest BCUT2D eigenvalue weighted by Gasteiger charge is 2.35. The molecule has 27 heavy (non-hydrogen) atoms. The minimum absolute atomic E-state index is 0.372. The zero-order valence-corrected chi connectivity index (χ0v) is 15.5. The van der Waals surface area contributed by atoms with Crippen molar-refractivity contribution in [3.8, 4) is 0 Å². The summed E-state index contributed by atoms with van der Waals surface area (Å²) in [6, 6.07) is 23.5. The number of hydrogen-bond donors (Lipinski definition) is 0. The van der Waals surface area contributed by atoms with Crippen molar-refractivity contribution >= 4 is 11.7 Å². The summed E-state index contributed by atoms with van der Waals surface area (Å²) in [7, 11) is 1.40. The fourth-order valence-corrected chi connectivity index (χ4v) is 3.01. The molecule has 4 heteroatoms. The van der Waals surface area contributed by atoms with Crippen molar-refractivity contribution in [1.29, 1.82) is 0 Å². The molecule has 3 rings (SSSR count). The van der Waals surface area contributed by atoms with E-state index in [-0.39, 0.29) is 5.97 Å². The second-order valence-corrected chi connectivity index (χ2v) is 6.49. The van der Waals surface area contributed by atoms with E-state index in [0.29, 0.717) is 6.42 Å². The first-order chi connectivity index (χ1) is 13.1. The zero-order chi connectivity index (χ0) is 19.1. The van der Waals surface area contributed by atoms with E-state index in [1.54, 1.807) is 12.4 Å². The predicted molar refractivity (Wildman–Crippen MR) is 107 cm³/mol. The van der Waals surface area contributed by atoms with E-state index in [2.05, 4.69) is 4.98 Å². The van der Waals surface area contributed by atoms with E-state index in [4.69, 9.17) is 9.73 Å². The van der Waals surface area contributed by atoms with Gasteiger partial charge in [-0.15, -0.1) is 0 Å². The molecule has 2 aromatic carbocycles. The molecule has 3 aromatic rings. The molecular formula is C23H22N2O2. The van der Waals surface area contributed by atoms with Gasteiger partial charge in [0.15, 0.2) is 5.54 Å². The van der Waals surface area contributed by atoms with E-state index in [0.717, 1.165) is 22.4 Å². The van der Waals surface area contributed by atoms with Gasteiger partial charge in [-0.2, -0.15) is 0 Å². The Morgan fingerprint density at radius 2 is 1.44 bits per heavy atom. The predicted octanol–water partition coefficient (Wildman–Crippen LogP) is 4.09. The summed E-state index contributed by atoms with van der Waals surface area (Å²) in [4.78, 5) is 21.7. The molecule has 0 aliphatic carbocycles. The lowest BCUT2D eigenvalue weighted by Gasteiger charge is -2.24. The standard InChI is InChI=1S/C23H22N2O2/c1-23(22(26)27-2,17-18-13-15-24-16-14-18)25-21(19-9-5-3-6-10-19)20-11-7-4-8-12-20/h3-16H,17H2,1-2H3. The van der Waals surface area contributed by atoms with Crippen LogP contribution in [-0.2, 0) is 16.0 Å². The van der Waals surface area contributed by atoms with Crippen LogP contribution in [0.15, 0.2) is 90.2 Å². The summed E-state index contributed by atoms with van der Waals surface area (Å²) in [6.07, 6.45) is 3.85. The van der Waals surface area contributed by atoms with Crippen LogP contribution in [0.3, 0.4) is 0 Å². The van der Waals surface area contributed by atoms with Crippen LogP contribution >= 0.6 is 0 Å². The van der Waals surface area contributed by atoms with Gasteiger partial charge in [0.1, 0.15) is 0 Å². The molecule has 0 fully saturated rings. The molecule has 0 amide bonds. The number of esters is 1. The normalized spacial score (nSPS) is 12.7. The molecule has 0 radical (unpaired) electrons. The number of ether oxygens (including phenoxy) is 1. The Labute approximate surface area is 159 Å². The van der Waals surface area contributed by atoms with Gasteiger partial charge in [0.05, 0.1) is 12.8 Å². The van der Waals surface area contributed by atoms with E-state index in [9.17, 15) is 4.79 Å². The number of benzene rings is 2. The SMILES string of the molecule is COC(=O)C(C)(Cc1ccncc1)N=C(c1ccccc1)c1ccccc1. The number of hydrogen-bond acceptors (Lipinski definition) is 4. The Morgan fingerprint density at radius 1 is 0.926 bits per heavy atom. The summed E-state index contributed by atoms with van der Waals surface area (Å²) in [5.74, 6) is -0.372. The minimum Gasteiger partial charge on any atom is -0.467 e. The van der Waals surface area contributed by atoms with Gasteiger partial charge in [-0.1, -0.05) is 60.7 Å². The molecule has 0 bridgehead atoms. The highest BCUT2D eigenvalue weighted by Crippen LogP contribution is 2.23. The summed E-state index contributed by atoms with van der Waals surface area (Å²) in [5.41, 5.74) is 2.58. The van der Waals surface area contributed by atoms with Gasteiger partial charge in [-0.25, -0.2) is 4.79 Å². The number of methoxy groups -OCH3 is 1. The Kier molecular flexibility index (Phi) is 5.77. The van der Waals surface area contributed by atoms with Gasteiger partial charge in [-0.05, 0) is 24.6 Å². The van der Waals surface area contributed by atoms with Crippen LogP contribution in [0.5, 0.6) is 0 Å². The first-order valence-corrected chi connectivity index (χ1v) is 8.80. The lowest BCUT2D eigenvalue weighted by Crippen LogP contribution is -2.38. The second-order valence-electron chi connectivity index (χ2n) is 6.49. The topological polar surface area (TPSA) is 51.5 Å². The third-order valence-electron chi connectivity index (χ3n) is 4.38. The second kappa shape index (κ2) is 8.41. The molecule has 4 nitrogen and oxygen atoms in total. The van der Waals surface area contributed by atoms with Crippen LogP contribution in [0.4, 0.5) is 0 Å². The van der Waals surface area contributed by atoms with Gasteiger partial charge in [0.25, 0.3) is 0 Å². The molecular weight excluding hydrogens is 336 g/mol. The highest BCUT2D eigenvalue weighted by atomic mass is 16.5.